The van der Waals surface area contributed by atoms with Crippen LogP contribution in [-0.2, 0) is 15.8 Å². The predicted molar refractivity (Wildman–Crippen MR) is 80.7 cm³/mol. The van der Waals surface area contributed by atoms with Crippen molar-refractivity contribution < 1.29 is 18.7 Å². The summed E-state index contributed by atoms with van der Waals surface area (Å²) in [6.45, 7) is 4.97. The topological polar surface area (TPSA) is 62.5 Å². The van der Waals surface area contributed by atoms with Gasteiger partial charge in [-0.15, -0.1) is 0 Å². The van der Waals surface area contributed by atoms with Crippen molar-refractivity contribution in [2.45, 2.75) is 31.8 Å². The van der Waals surface area contributed by atoms with E-state index in [9.17, 15) is 14.3 Å². The Kier molecular flexibility index (Phi) is 4.37. The van der Waals surface area contributed by atoms with Crippen molar-refractivity contribution in [2.24, 2.45) is 0 Å². The average molecular weight is 305 g/mol. The van der Waals surface area contributed by atoms with E-state index < -0.39 is 11.0 Å². The number of carbonyl (C=O) groups excluding carboxylic acids is 1. The monoisotopic (exact) mass is 305 g/mol. The number of amides is 1. The summed E-state index contributed by atoms with van der Waals surface area (Å²) in [6.07, 6.45) is 1.46. The van der Waals surface area contributed by atoms with Crippen molar-refractivity contribution in [3.63, 3.8) is 0 Å². The second kappa shape index (κ2) is 5.93. The molecule has 0 aliphatic carbocycles. The van der Waals surface area contributed by atoms with Crippen LogP contribution in [0.1, 0.15) is 32.1 Å². The number of aliphatic hydroxyl groups is 1. The Hall–Kier alpha value is -2.14. The maximum Gasteiger partial charge on any atom is 0.230 e. The van der Waals surface area contributed by atoms with Gasteiger partial charge in [-0.25, -0.2) is 4.39 Å². The molecular weight excluding hydrogens is 285 g/mol. The summed E-state index contributed by atoms with van der Waals surface area (Å²) in [4.78, 5) is 12.4. The fourth-order valence-corrected chi connectivity index (χ4v) is 2.15. The van der Waals surface area contributed by atoms with Gasteiger partial charge in [-0.05, 0) is 50.6 Å². The van der Waals surface area contributed by atoms with E-state index in [2.05, 4.69) is 5.32 Å². The molecule has 2 rings (SSSR count). The smallest absolute Gasteiger partial charge is 0.230 e. The maximum absolute atomic E-state index is 13.3. The normalized spacial score (nSPS) is 14.4. The molecule has 1 atom stereocenters. The Balaban J connectivity index is 2.08. The zero-order valence-electron chi connectivity index (χ0n) is 12.9. The Bertz CT molecular complexity index is 648. The summed E-state index contributed by atoms with van der Waals surface area (Å²) in [5, 5.41) is 13.0. The molecule has 1 heterocycles. The van der Waals surface area contributed by atoms with Crippen LogP contribution in [0.3, 0.4) is 0 Å². The van der Waals surface area contributed by atoms with Crippen LogP contribution in [0.25, 0.3) is 0 Å². The predicted octanol–water partition coefficient (Wildman–Crippen LogP) is 2.72. The molecule has 1 unspecified atom stereocenters. The van der Waals surface area contributed by atoms with Gasteiger partial charge in [-0.3, -0.25) is 4.79 Å². The molecule has 0 bridgehead atoms. The van der Waals surface area contributed by atoms with Gasteiger partial charge in [0.25, 0.3) is 0 Å². The highest BCUT2D eigenvalue weighted by atomic mass is 19.1. The van der Waals surface area contributed by atoms with Gasteiger partial charge in [-0.1, -0.05) is 12.1 Å². The molecule has 118 valence electrons. The summed E-state index contributed by atoms with van der Waals surface area (Å²) < 4.78 is 18.5. The summed E-state index contributed by atoms with van der Waals surface area (Å²) in [5.41, 5.74) is -1.65. The molecule has 22 heavy (non-hydrogen) atoms. The zero-order chi connectivity index (χ0) is 16.4. The number of carbonyl (C=O) groups is 1. The highest BCUT2D eigenvalue weighted by molar-refractivity contribution is 5.87. The minimum Gasteiger partial charge on any atom is -0.466 e. The lowest BCUT2D eigenvalue weighted by Gasteiger charge is -2.27. The van der Waals surface area contributed by atoms with Crippen LogP contribution in [0.2, 0.25) is 0 Å². The third-order valence-electron chi connectivity index (χ3n) is 3.76. The average Bonchev–Trinajstić information content (AvgIpc) is 2.99. The molecule has 0 aliphatic heterocycles. The molecule has 0 radical (unpaired) electrons. The van der Waals surface area contributed by atoms with E-state index in [4.69, 9.17) is 4.42 Å². The Morgan fingerprint density at radius 3 is 2.59 bits per heavy atom. The van der Waals surface area contributed by atoms with Crippen molar-refractivity contribution in [3.05, 3.63) is 59.8 Å². The van der Waals surface area contributed by atoms with Crippen LogP contribution in [0.4, 0.5) is 4.39 Å². The quantitative estimate of drug-likeness (QED) is 0.893. The number of halogens is 1. The van der Waals surface area contributed by atoms with Crippen LogP contribution in [0.5, 0.6) is 0 Å². The lowest BCUT2D eigenvalue weighted by atomic mass is 9.83. The first-order chi connectivity index (χ1) is 10.2. The first-order valence-electron chi connectivity index (χ1n) is 7.04. The van der Waals surface area contributed by atoms with E-state index in [0.717, 1.165) is 0 Å². The molecule has 2 N–H and O–H groups in total. The number of benzene rings is 1. The third kappa shape index (κ3) is 3.36. The van der Waals surface area contributed by atoms with Crippen molar-refractivity contribution in [1.82, 2.24) is 5.32 Å². The number of furan rings is 1. The fraction of sp³-hybridized carbons (Fsp3) is 0.353. The molecule has 4 nitrogen and oxygen atoms in total. The minimum atomic E-state index is -1.31. The van der Waals surface area contributed by atoms with Gasteiger partial charge in [0.05, 0.1) is 18.2 Å². The van der Waals surface area contributed by atoms with Crippen LogP contribution in [0, 0.1) is 5.82 Å². The van der Waals surface area contributed by atoms with Crippen molar-refractivity contribution >= 4 is 5.91 Å². The van der Waals surface area contributed by atoms with E-state index >= 15 is 0 Å². The molecule has 2 aromatic rings. The SMILES string of the molecule is CC(O)(CNC(=O)C(C)(C)c1cccc(F)c1)c1ccco1. The standard InChI is InChI=1S/C17H20FNO3/c1-16(2,12-6-4-7-13(18)10-12)15(20)19-11-17(3,21)14-8-5-9-22-14/h4-10,21H,11H2,1-3H3,(H,19,20). The summed E-state index contributed by atoms with van der Waals surface area (Å²) in [7, 11) is 0. The van der Waals surface area contributed by atoms with Crippen LogP contribution >= 0.6 is 0 Å². The highest BCUT2D eigenvalue weighted by Crippen LogP contribution is 2.25. The van der Waals surface area contributed by atoms with Crippen molar-refractivity contribution in [1.29, 1.82) is 0 Å². The maximum atomic E-state index is 13.3. The largest absolute Gasteiger partial charge is 0.466 e. The fourth-order valence-electron chi connectivity index (χ4n) is 2.15. The molecule has 0 saturated heterocycles. The van der Waals surface area contributed by atoms with Crippen LogP contribution in [-0.4, -0.2) is 17.6 Å². The number of rotatable bonds is 5. The molecular formula is C17H20FNO3. The molecule has 0 spiro atoms. The highest BCUT2D eigenvalue weighted by Gasteiger charge is 2.33. The van der Waals surface area contributed by atoms with E-state index in [1.807, 2.05) is 0 Å². The molecule has 0 fully saturated rings. The number of hydrogen-bond donors (Lipinski definition) is 2. The second-order valence-electron chi connectivity index (χ2n) is 6.07. The van der Waals surface area contributed by atoms with Gasteiger partial charge in [0.1, 0.15) is 17.2 Å². The van der Waals surface area contributed by atoms with Gasteiger partial charge in [-0.2, -0.15) is 0 Å². The van der Waals surface area contributed by atoms with Crippen LogP contribution < -0.4 is 5.32 Å². The van der Waals surface area contributed by atoms with Gasteiger partial charge in [0, 0.05) is 0 Å². The lowest BCUT2D eigenvalue weighted by molar-refractivity contribution is -0.127. The molecule has 0 saturated carbocycles. The Morgan fingerprint density at radius 2 is 2.00 bits per heavy atom. The molecule has 1 aromatic carbocycles. The molecule has 5 heteroatoms. The zero-order valence-corrected chi connectivity index (χ0v) is 12.9. The molecule has 1 aromatic heterocycles. The van der Waals surface area contributed by atoms with Crippen molar-refractivity contribution in [2.75, 3.05) is 6.54 Å². The number of nitrogens with one attached hydrogen (secondary N) is 1. The summed E-state index contributed by atoms with van der Waals surface area (Å²) in [5.74, 6) is -0.317. The number of hydrogen-bond acceptors (Lipinski definition) is 3. The van der Waals surface area contributed by atoms with E-state index in [1.165, 1.54) is 18.4 Å². The molecule has 0 aliphatic rings. The van der Waals surface area contributed by atoms with Crippen molar-refractivity contribution in [3.8, 4) is 0 Å². The van der Waals surface area contributed by atoms with E-state index in [0.29, 0.717) is 11.3 Å². The van der Waals surface area contributed by atoms with Gasteiger partial charge in [0.15, 0.2) is 0 Å². The summed E-state index contributed by atoms with van der Waals surface area (Å²) in [6, 6.07) is 9.25. The first kappa shape index (κ1) is 16.2. The Morgan fingerprint density at radius 1 is 1.27 bits per heavy atom. The lowest BCUT2D eigenvalue weighted by Crippen LogP contribution is -2.45. The van der Waals surface area contributed by atoms with E-state index in [-0.39, 0.29) is 18.3 Å². The van der Waals surface area contributed by atoms with Crippen LogP contribution in [0.15, 0.2) is 47.1 Å². The molecule has 1 amide bonds. The second-order valence-corrected chi connectivity index (χ2v) is 6.07. The van der Waals surface area contributed by atoms with Gasteiger partial charge >= 0.3 is 0 Å². The van der Waals surface area contributed by atoms with Gasteiger partial charge < -0.3 is 14.8 Å². The third-order valence-corrected chi connectivity index (χ3v) is 3.76. The Labute approximate surface area is 129 Å². The first-order valence-corrected chi connectivity index (χ1v) is 7.04. The summed E-state index contributed by atoms with van der Waals surface area (Å²) >= 11 is 0. The van der Waals surface area contributed by atoms with Gasteiger partial charge in [0.2, 0.25) is 5.91 Å². The minimum absolute atomic E-state index is 0.00189. The van der Waals surface area contributed by atoms with E-state index in [1.54, 1.807) is 45.0 Å².